The number of rotatable bonds is 4. The molecule has 0 heterocycles. The number of hydrogen-bond donors (Lipinski definition) is 2. The first-order valence-electron chi connectivity index (χ1n) is 6.41. The lowest BCUT2D eigenvalue weighted by Gasteiger charge is -2.17. The highest BCUT2D eigenvalue weighted by molar-refractivity contribution is 9.10. The Morgan fingerprint density at radius 1 is 1.50 bits per heavy atom. The van der Waals surface area contributed by atoms with Crippen LogP contribution in [0.4, 0.5) is 5.69 Å². The molecule has 18 heavy (non-hydrogen) atoms. The summed E-state index contributed by atoms with van der Waals surface area (Å²) in [5, 5.41) is 3.51. The van der Waals surface area contributed by atoms with E-state index in [4.69, 9.17) is 18.0 Å². The third kappa shape index (κ3) is 3.23. The standard InChI is InChI=1S/C14H19BrN2S/c1-9-3-2-4-10(9)8-17-11-5-6-12(14(16)18)13(15)7-11/h5-7,9-10,17H,2-4,8H2,1H3,(H2,16,18). The molecular formula is C14H19BrN2S. The minimum atomic E-state index is 0.429. The summed E-state index contributed by atoms with van der Waals surface area (Å²) in [5.74, 6) is 1.65. The molecule has 98 valence electrons. The van der Waals surface area contributed by atoms with Gasteiger partial charge in [-0.25, -0.2) is 0 Å². The molecule has 0 saturated heterocycles. The third-order valence-electron chi connectivity index (χ3n) is 3.84. The first kappa shape index (κ1) is 13.8. The summed E-state index contributed by atoms with van der Waals surface area (Å²) in [6.45, 7) is 3.41. The van der Waals surface area contributed by atoms with Crippen molar-refractivity contribution in [2.75, 3.05) is 11.9 Å². The van der Waals surface area contributed by atoms with Crippen LogP contribution in [0.1, 0.15) is 31.7 Å². The molecule has 2 rings (SSSR count). The van der Waals surface area contributed by atoms with Gasteiger partial charge in [0.15, 0.2) is 0 Å². The molecule has 2 atom stereocenters. The Bertz CT molecular complexity index is 447. The predicted molar refractivity (Wildman–Crippen MR) is 85.0 cm³/mol. The molecule has 2 unspecified atom stereocenters. The second-order valence-electron chi connectivity index (χ2n) is 5.11. The van der Waals surface area contributed by atoms with E-state index < -0.39 is 0 Å². The monoisotopic (exact) mass is 326 g/mol. The van der Waals surface area contributed by atoms with E-state index in [-0.39, 0.29) is 0 Å². The Kier molecular flexibility index (Phi) is 4.62. The summed E-state index contributed by atoms with van der Waals surface area (Å²) in [5.41, 5.74) is 7.66. The van der Waals surface area contributed by atoms with Crippen molar-refractivity contribution in [3.05, 3.63) is 28.2 Å². The van der Waals surface area contributed by atoms with Gasteiger partial charge < -0.3 is 11.1 Å². The molecule has 1 saturated carbocycles. The highest BCUT2D eigenvalue weighted by atomic mass is 79.9. The largest absolute Gasteiger partial charge is 0.389 e. The second kappa shape index (κ2) is 6.02. The van der Waals surface area contributed by atoms with E-state index in [9.17, 15) is 0 Å². The fourth-order valence-electron chi connectivity index (χ4n) is 2.60. The zero-order valence-corrected chi connectivity index (χ0v) is 13.0. The third-order valence-corrected chi connectivity index (χ3v) is 4.72. The molecular weight excluding hydrogens is 308 g/mol. The van der Waals surface area contributed by atoms with E-state index in [1.807, 2.05) is 18.2 Å². The van der Waals surface area contributed by atoms with Crippen molar-refractivity contribution in [2.45, 2.75) is 26.2 Å². The van der Waals surface area contributed by atoms with E-state index in [2.05, 4.69) is 28.2 Å². The molecule has 0 bridgehead atoms. The minimum absolute atomic E-state index is 0.429. The highest BCUT2D eigenvalue weighted by Gasteiger charge is 2.22. The van der Waals surface area contributed by atoms with E-state index in [0.29, 0.717) is 4.99 Å². The minimum Gasteiger partial charge on any atom is -0.389 e. The predicted octanol–water partition coefficient (Wildman–Crippen LogP) is 3.93. The Balaban J connectivity index is 1.98. The van der Waals surface area contributed by atoms with Crippen LogP contribution in [-0.4, -0.2) is 11.5 Å². The SMILES string of the molecule is CC1CCCC1CNc1ccc(C(N)=S)c(Br)c1. The maximum absolute atomic E-state index is 5.64. The van der Waals surface area contributed by atoms with Gasteiger partial charge in [0.1, 0.15) is 4.99 Å². The van der Waals surface area contributed by atoms with Crippen molar-refractivity contribution in [1.29, 1.82) is 0 Å². The molecule has 2 nitrogen and oxygen atoms in total. The highest BCUT2D eigenvalue weighted by Crippen LogP contribution is 2.31. The van der Waals surface area contributed by atoms with Gasteiger partial charge in [-0.3, -0.25) is 0 Å². The molecule has 1 aromatic rings. The first-order chi connectivity index (χ1) is 8.58. The maximum atomic E-state index is 5.64. The number of hydrogen-bond acceptors (Lipinski definition) is 2. The number of anilines is 1. The lowest BCUT2D eigenvalue weighted by Crippen LogP contribution is -2.16. The molecule has 3 N–H and O–H groups in total. The number of benzene rings is 1. The van der Waals surface area contributed by atoms with Crippen LogP contribution in [0.15, 0.2) is 22.7 Å². The zero-order valence-electron chi connectivity index (χ0n) is 10.6. The van der Waals surface area contributed by atoms with Crippen LogP contribution < -0.4 is 11.1 Å². The Morgan fingerprint density at radius 3 is 2.83 bits per heavy atom. The van der Waals surface area contributed by atoms with Gasteiger partial charge in [-0.2, -0.15) is 0 Å². The lowest BCUT2D eigenvalue weighted by atomic mass is 9.98. The van der Waals surface area contributed by atoms with Gasteiger partial charge in [-0.15, -0.1) is 0 Å². The number of halogens is 1. The summed E-state index contributed by atoms with van der Waals surface area (Å²) >= 11 is 8.49. The first-order valence-corrected chi connectivity index (χ1v) is 7.61. The van der Waals surface area contributed by atoms with Crippen LogP contribution in [-0.2, 0) is 0 Å². The summed E-state index contributed by atoms with van der Waals surface area (Å²) in [4.78, 5) is 0.429. The average Bonchev–Trinajstić information content (AvgIpc) is 2.72. The van der Waals surface area contributed by atoms with E-state index in [1.54, 1.807) is 0 Å². The van der Waals surface area contributed by atoms with Crippen LogP contribution in [0.5, 0.6) is 0 Å². The quantitative estimate of drug-likeness (QED) is 0.823. The fourth-order valence-corrected chi connectivity index (χ4v) is 3.50. The number of nitrogens with two attached hydrogens (primary N) is 1. The molecule has 0 radical (unpaired) electrons. The normalized spacial score (nSPS) is 23.0. The zero-order chi connectivity index (χ0) is 13.1. The van der Waals surface area contributed by atoms with Gasteiger partial charge in [-0.05, 0) is 52.4 Å². The van der Waals surface area contributed by atoms with Gasteiger partial charge in [0.25, 0.3) is 0 Å². The molecule has 4 heteroatoms. The summed E-state index contributed by atoms with van der Waals surface area (Å²) < 4.78 is 0.958. The van der Waals surface area contributed by atoms with Crippen molar-refractivity contribution in [1.82, 2.24) is 0 Å². The summed E-state index contributed by atoms with van der Waals surface area (Å²) in [6, 6.07) is 6.06. The van der Waals surface area contributed by atoms with Gasteiger partial charge >= 0.3 is 0 Å². The Labute approximate surface area is 122 Å². The molecule has 1 aliphatic carbocycles. The van der Waals surface area contributed by atoms with Crippen molar-refractivity contribution in [3.63, 3.8) is 0 Å². The number of thiocarbonyl (C=S) groups is 1. The topological polar surface area (TPSA) is 38.0 Å². The molecule has 1 aromatic carbocycles. The summed E-state index contributed by atoms with van der Waals surface area (Å²) in [7, 11) is 0. The molecule has 0 aliphatic heterocycles. The van der Waals surface area contributed by atoms with Gasteiger partial charge in [0, 0.05) is 22.3 Å². The Hall–Kier alpha value is -0.610. The molecule has 1 fully saturated rings. The van der Waals surface area contributed by atoms with Crippen LogP contribution in [0.2, 0.25) is 0 Å². The molecule has 1 aliphatic rings. The second-order valence-corrected chi connectivity index (χ2v) is 6.40. The maximum Gasteiger partial charge on any atom is 0.105 e. The fraction of sp³-hybridized carbons (Fsp3) is 0.500. The van der Waals surface area contributed by atoms with Gasteiger partial charge in [0.05, 0.1) is 0 Å². The van der Waals surface area contributed by atoms with Crippen LogP contribution >= 0.6 is 28.1 Å². The lowest BCUT2D eigenvalue weighted by molar-refractivity contribution is 0.439. The molecule has 0 aromatic heterocycles. The van der Waals surface area contributed by atoms with E-state index in [0.717, 1.165) is 34.1 Å². The smallest absolute Gasteiger partial charge is 0.105 e. The van der Waals surface area contributed by atoms with Crippen LogP contribution in [0.25, 0.3) is 0 Å². The number of nitrogens with one attached hydrogen (secondary N) is 1. The van der Waals surface area contributed by atoms with Crippen molar-refractivity contribution >= 4 is 38.8 Å². The van der Waals surface area contributed by atoms with Crippen LogP contribution in [0, 0.1) is 11.8 Å². The van der Waals surface area contributed by atoms with Crippen molar-refractivity contribution in [2.24, 2.45) is 17.6 Å². The van der Waals surface area contributed by atoms with Gasteiger partial charge in [0.2, 0.25) is 0 Å². The van der Waals surface area contributed by atoms with Crippen molar-refractivity contribution < 1.29 is 0 Å². The summed E-state index contributed by atoms with van der Waals surface area (Å²) in [6.07, 6.45) is 4.09. The van der Waals surface area contributed by atoms with Crippen molar-refractivity contribution in [3.8, 4) is 0 Å². The molecule has 0 amide bonds. The van der Waals surface area contributed by atoms with Gasteiger partial charge in [-0.1, -0.05) is 32.0 Å². The van der Waals surface area contributed by atoms with E-state index in [1.165, 1.54) is 19.3 Å². The molecule has 0 spiro atoms. The van der Waals surface area contributed by atoms with E-state index >= 15 is 0 Å². The Morgan fingerprint density at radius 2 is 2.28 bits per heavy atom. The average molecular weight is 327 g/mol. The van der Waals surface area contributed by atoms with Crippen LogP contribution in [0.3, 0.4) is 0 Å².